The molecule has 0 saturated carbocycles. The fourth-order valence-electron chi connectivity index (χ4n) is 2.21. The van der Waals surface area contributed by atoms with Crippen molar-refractivity contribution in [2.45, 2.75) is 0 Å². The van der Waals surface area contributed by atoms with Crippen LogP contribution in [0.15, 0.2) is 42.5 Å². The van der Waals surface area contributed by atoms with E-state index in [1.54, 1.807) is 42.5 Å². The predicted molar refractivity (Wildman–Crippen MR) is 92.8 cm³/mol. The second-order valence-corrected chi connectivity index (χ2v) is 5.66. The molecule has 1 aliphatic heterocycles. The summed E-state index contributed by atoms with van der Waals surface area (Å²) in [6, 6.07) is 11.8. The Balaban J connectivity index is 1.37. The molecule has 0 aliphatic carbocycles. The molecular weight excluding hydrogens is 362 g/mol. The molecule has 0 fully saturated rings. The first-order valence-corrected chi connectivity index (χ1v) is 8.22. The maximum atomic E-state index is 12.0. The molecule has 1 amide bonds. The van der Waals surface area contributed by atoms with Gasteiger partial charge < -0.3 is 24.3 Å². The number of halogens is 1. The van der Waals surface area contributed by atoms with E-state index >= 15 is 0 Å². The Bertz CT molecular complexity index is 810. The van der Waals surface area contributed by atoms with E-state index < -0.39 is 11.9 Å². The number of benzene rings is 2. The molecule has 0 aromatic heterocycles. The van der Waals surface area contributed by atoms with Crippen molar-refractivity contribution >= 4 is 23.5 Å². The standard InChI is InChI=1S/C18H16ClNO6/c19-13-3-1-2-4-14(13)23-7-8-24-17(21)10-20-18(22)12-5-6-15-16(9-12)26-11-25-15/h1-6,9H,7-8,10-11H2,(H,20,22). The molecule has 8 heteroatoms. The maximum absolute atomic E-state index is 12.0. The summed E-state index contributed by atoms with van der Waals surface area (Å²) in [5, 5.41) is 2.97. The highest BCUT2D eigenvalue weighted by molar-refractivity contribution is 6.32. The molecular formula is C18H16ClNO6. The number of carbonyl (C=O) groups is 2. The van der Waals surface area contributed by atoms with E-state index in [9.17, 15) is 9.59 Å². The minimum absolute atomic E-state index is 0.0456. The number of rotatable bonds is 7. The lowest BCUT2D eigenvalue weighted by Gasteiger charge is -2.09. The van der Waals surface area contributed by atoms with Crippen LogP contribution in [0.5, 0.6) is 17.2 Å². The lowest BCUT2D eigenvalue weighted by molar-refractivity contribution is -0.143. The Morgan fingerprint density at radius 3 is 2.73 bits per heavy atom. The van der Waals surface area contributed by atoms with Gasteiger partial charge in [0.2, 0.25) is 6.79 Å². The van der Waals surface area contributed by atoms with E-state index in [0.717, 1.165) is 0 Å². The highest BCUT2D eigenvalue weighted by atomic mass is 35.5. The molecule has 7 nitrogen and oxygen atoms in total. The molecule has 0 radical (unpaired) electrons. The minimum atomic E-state index is -0.568. The molecule has 136 valence electrons. The molecule has 3 rings (SSSR count). The quantitative estimate of drug-likeness (QED) is 0.589. The van der Waals surface area contributed by atoms with Crippen LogP contribution in [-0.2, 0) is 9.53 Å². The first-order valence-electron chi connectivity index (χ1n) is 7.84. The third kappa shape index (κ3) is 4.58. The van der Waals surface area contributed by atoms with Gasteiger partial charge in [-0.25, -0.2) is 0 Å². The molecule has 0 saturated heterocycles. The largest absolute Gasteiger partial charge is 0.488 e. The van der Waals surface area contributed by atoms with E-state index in [0.29, 0.717) is 27.8 Å². The molecule has 0 atom stereocenters. The van der Waals surface area contributed by atoms with Crippen LogP contribution >= 0.6 is 11.6 Å². The average Bonchev–Trinajstić information content (AvgIpc) is 3.12. The monoisotopic (exact) mass is 377 g/mol. The lowest BCUT2D eigenvalue weighted by Crippen LogP contribution is -2.31. The molecule has 1 heterocycles. The van der Waals surface area contributed by atoms with Crippen LogP contribution in [0.4, 0.5) is 0 Å². The smallest absolute Gasteiger partial charge is 0.325 e. The number of ether oxygens (including phenoxy) is 4. The topological polar surface area (TPSA) is 83.1 Å². The third-order valence-electron chi connectivity index (χ3n) is 3.47. The van der Waals surface area contributed by atoms with Gasteiger partial charge in [0.15, 0.2) is 11.5 Å². The highest BCUT2D eigenvalue weighted by Crippen LogP contribution is 2.32. The molecule has 1 aliphatic rings. The Morgan fingerprint density at radius 2 is 1.88 bits per heavy atom. The first-order chi connectivity index (χ1) is 12.6. The summed E-state index contributed by atoms with van der Waals surface area (Å²) in [4.78, 5) is 23.7. The highest BCUT2D eigenvalue weighted by Gasteiger charge is 2.16. The number of fused-ring (bicyclic) bond motifs is 1. The van der Waals surface area contributed by atoms with Crippen LogP contribution in [0, 0.1) is 0 Å². The van der Waals surface area contributed by atoms with E-state index in [1.807, 2.05) is 0 Å². The second kappa shape index (κ2) is 8.44. The molecule has 2 aromatic carbocycles. The Morgan fingerprint density at radius 1 is 1.08 bits per heavy atom. The van der Waals surface area contributed by atoms with E-state index in [-0.39, 0.29) is 26.6 Å². The molecule has 0 unspecified atom stereocenters. The van der Waals surface area contributed by atoms with Gasteiger partial charge in [-0.15, -0.1) is 0 Å². The van der Waals surface area contributed by atoms with Crippen LogP contribution in [0.25, 0.3) is 0 Å². The summed E-state index contributed by atoms with van der Waals surface area (Å²) in [5.74, 6) is 0.618. The predicted octanol–water partition coefficient (Wildman–Crippen LogP) is 2.42. The zero-order valence-electron chi connectivity index (χ0n) is 13.7. The van der Waals surface area contributed by atoms with Crippen molar-refractivity contribution in [1.29, 1.82) is 0 Å². The third-order valence-corrected chi connectivity index (χ3v) is 3.78. The number of amides is 1. The van der Waals surface area contributed by atoms with Gasteiger partial charge in [0, 0.05) is 5.56 Å². The molecule has 0 spiro atoms. The molecule has 1 N–H and O–H groups in total. The van der Waals surface area contributed by atoms with Crippen LogP contribution in [0.1, 0.15) is 10.4 Å². The number of hydrogen-bond acceptors (Lipinski definition) is 6. The first kappa shape index (κ1) is 17.9. The summed E-state index contributed by atoms with van der Waals surface area (Å²) in [6.07, 6.45) is 0. The summed E-state index contributed by atoms with van der Waals surface area (Å²) in [5.41, 5.74) is 0.365. The average molecular weight is 378 g/mol. The lowest BCUT2D eigenvalue weighted by atomic mass is 10.2. The summed E-state index contributed by atoms with van der Waals surface area (Å²) in [6.45, 7) is 0.0812. The normalized spacial score (nSPS) is 11.7. The molecule has 26 heavy (non-hydrogen) atoms. The van der Waals surface area contributed by atoms with Crippen molar-refractivity contribution in [2.75, 3.05) is 26.6 Å². The maximum Gasteiger partial charge on any atom is 0.325 e. The van der Waals surface area contributed by atoms with Gasteiger partial charge in [0.25, 0.3) is 5.91 Å². The van der Waals surface area contributed by atoms with Crippen molar-refractivity contribution in [3.05, 3.63) is 53.1 Å². The molecule has 0 bridgehead atoms. The summed E-state index contributed by atoms with van der Waals surface area (Å²) >= 11 is 5.95. The zero-order chi connectivity index (χ0) is 18.4. The van der Waals surface area contributed by atoms with Gasteiger partial charge in [-0.2, -0.15) is 0 Å². The SMILES string of the molecule is O=C(CNC(=O)c1ccc2c(c1)OCO2)OCCOc1ccccc1Cl. The Hall–Kier alpha value is -2.93. The van der Waals surface area contributed by atoms with Gasteiger partial charge in [-0.05, 0) is 30.3 Å². The zero-order valence-corrected chi connectivity index (χ0v) is 14.5. The van der Waals surface area contributed by atoms with Crippen molar-refractivity contribution in [3.63, 3.8) is 0 Å². The fourth-order valence-corrected chi connectivity index (χ4v) is 2.40. The van der Waals surface area contributed by atoms with E-state index in [1.165, 1.54) is 0 Å². The van der Waals surface area contributed by atoms with Gasteiger partial charge in [0.1, 0.15) is 25.5 Å². The number of hydrogen-bond donors (Lipinski definition) is 1. The number of para-hydroxylation sites is 1. The van der Waals surface area contributed by atoms with Gasteiger partial charge in [-0.1, -0.05) is 23.7 Å². The number of carbonyl (C=O) groups excluding carboxylic acids is 2. The van der Waals surface area contributed by atoms with Crippen molar-refractivity contribution < 1.29 is 28.5 Å². The number of esters is 1. The minimum Gasteiger partial charge on any atom is -0.488 e. The Kier molecular flexibility index (Phi) is 5.80. The van der Waals surface area contributed by atoms with Crippen LogP contribution in [-0.4, -0.2) is 38.4 Å². The van der Waals surface area contributed by atoms with E-state index in [2.05, 4.69) is 5.32 Å². The van der Waals surface area contributed by atoms with Crippen LogP contribution in [0.2, 0.25) is 5.02 Å². The molecule has 2 aromatic rings. The van der Waals surface area contributed by atoms with Gasteiger partial charge in [0.05, 0.1) is 5.02 Å². The van der Waals surface area contributed by atoms with Gasteiger partial charge >= 0.3 is 5.97 Å². The summed E-state index contributed by atoms with van der Waals surface area (Å²) < 4.78 is 20.8. The number of nitrogens with one attached hydrogen (secondary N) is 1. The van der Waals surface area contributed by atoms with Crippen LogP contribution in [0.3, 0.4) is 0 Å². The van der Waals surface area contributed by atoms with Crippen molar-refractivity contribution in [3.8, 4) is 17.2 Å². The van der Waals surface area contributed by atoms with Crippen molar-refractivity contribution in [2.24, 2.45) is 0 Å². The summed E-state index contributed by atoms with van der Waals surface area (Å²) in [7, 11) is 0. The fraction of sp³-hybridized carbons (Fsp3) is 0.222. The van der Waals surface area contributed by atoms with E-state index in [4.69, 9.17) is 30.5 Å². The second-order valence-electron chi connectivity index (χ2n) is 5.25. The van der Waals surface area contributed by atoms with Crippen molar-refractivity contribution in [1.82, 2.24) is 5.32 Å². The van der Waals surface area contributed by atoms with Gasteiger partial charge in [-0.3, -0.25) is 9.59 Å². The van der Waals surface area contributed by atoms with Crippen LogP contribution < -0.4 is 19.5 Å². The Labute approximate surface area is 154 Å².